The van der Waals surface area contributed by atoms with E-state index in [1.807, 2.05) is 6.07 Å². The lowest BCUT2D eigenvalue weighted by molar-refractivity contribution is 0.626. The maximum absolute atomic E-state index is 13.2. The standard InChI is InChI=1S/C18H21F/c1-4-16-11-15(8-9-18(16)13(2)3)10-14-6-5-7-17(19)12-14/h5-9,11-13H,4,10H2,1-3H3. The van der Waals surface area contributed by atoms with E-state index >= 15 is 0 Å². The maximum Gasteiger partial charge on any atom is 0.123 e. The molecular weight excluding hydrogens is 235 g/mol. The highest BCUT2D eigenvalue weighted by atomic mass is 19.1. The molecule has 0 amide bonds. The van der Waals surface area contributed by atoms with Gasteiger partial charge in [0.2, 0.25) is 0 Å². The zero-order valence-corrected chi connectivity index (χ0v) is 11.9. The Hall–Kier alpha value is -1.63. The molecule has 0 saturated carbocycles. The Bertz CT molecular complexity index is 555. The van der Waals surface area contributed by atoms with Crippen LogP contribution in [-0.4, -0.2) is 0 Å². The van der Waals surface area contributed by atoms with E-state index in [4.69, 9.17) is 0 Å². The second-order valence-corrected chi connectivity index (χ2v) is 5.35. The minimum absolute atomic E-state index is 0.160. The van der Waals surface area contributed by atoms with Gasteiger partial charge in [0.25, 0.3) is 0 Å². The molecule has 0 aliphatic heterocycles. The van der Waals surface area contributed by atoms with Crippen molar-refractivity contribution in [1.82, 2.24) is 0 Å². The first-order valence-corrected chi connectivity index (χ1v) is 6.96. The second kappa shape index (κ2) is 6.01. The predicted molar refractivity (Wildman–Crippen MR) is 79.1 cm³/mol. The van der Waals surface area contributed by atoms with Crippen molar-refractivity contribution in [3.05, 3.63) is 70.5 Å². The molecule has 0 saturated heterocycles. The van der Waals surface area contributed by atoms with Crippen LogP contribution in [0.25, 0.3) is 0 Å². The summed E-state index contributed by atoms with van der Waals surface area (Å²) < 4.78 is 13.2. The summed E-state index contributed by atoms with van der Waals surface area (Å²) in [5, 5.41) is 0. The summed E-state index contributed by atoms with van der Waals surface area (Å²) in [5.74, 6) is 0.394. The lowest BCUT2D eigenvalue weighted by atomic mass is 9.92. The van der Waals surface area contributed by atoms with Gasteiger partial charge in [0.1, 0.15) is 5.82 Å². The van der Waals surface area contributed by atoms with E-state index in [0.29, 0.717) is 5.92 Å². The first kappa shape index (κ1) is 13.8. The van der Waals surface area contributed by atoms with E-state index in [2.05, 4.69) is 39.0 Å². The normalized spacial score (nSPS) is 11.0. The molecule has 0 aromatic heterocycles. The fourth-order valence-electron chi connectivity index (χ4n) is 2.52. The Morgan fingerprint density at radius 1 is 1.00 bits per heavy atom. The van der Waals surface area contributed by atoms with Gasteiger partial charge in [-0.15, -0.1) is 0 Å². The maximum atomic E-state index is 13.2. The molecule has 19 heavy (non-hydrogen) atoms. The molecule has 0 unspecified atom stereocenters. The van der Waals surface area contributed by atoms with Gasteiger partial charge in [-0.05, 0) is 53.1 Å². The Morgan fingerprint density at radius 3 is 2.37 bits per heavy atom. The minimum atomic E-state index is -0.160. The molecule has 0 spiro atoms. The van der Waals surface area contributed by atoms with Crippen LogP contribution in [0.4, 0.5) is 4.39 Å². The van der Waals surface area contributed by atoms with Crippen molar-refractivity contribution in [3.63, 3.8) is 0 Å². The molecular formula is C18H21F. The molecule has 0 heterocycles. The Balaban J connectivity index is 2.26. The Labute approximate surface area is 115 Å². The largest absolute Gasteiger partial charge is 0.207 e. The Kier molecular flexibility index (Phi) is 4.36. The fraction of sp³-hybridized carbons (Fsp3) is 0.333. The van der Waals surface area contributed by atoms with Crippen LogP contribution >= 0.6 is 0 Å². The number of rotatable bonds is 4. The summed E-state index contributed by atoms with van der Waals surface area (Å²) in [6.07, 6.45) is 1.84. The monoisotopic (exact) mass is 256 g/mol. The lowest BCUT2D eigenvalue weighted by Gasteiger charge is -2.13. The average molecular weight is 256 g/mol. The predicted octanol–water partition coefficient (Wildman–Crippen LogP) is 5.10. The number of hydrogen-bond acceptors (Lipinski definition) is 0. The number of halogens is 1. The zero-order chi connectivity index (χ0) is 13.8. The number of aryl methyl sites for hydroxylation is 1. The van der Waals surface area contributed by atoms with Crippen molar-refractivity contribution in [2.75, 3.05) is 0 Å². The van der Waals surface area contributed by atoms with E-state index in [1.54, 1.807) is 12.1 Å². The quantitative estimate of drug-likeness (QED) is 0.713. The molecule has 0 bridgehead atoms. The molecule has 2 aromatic rings. The van der Waals surface area contributed by atoms with Crippen molar-refractivity contribution in [2.24, 2.45) is 0 Å². The summed E-state index contributed by atoms with van der Waals surface area (Å²) in [6.45, 7) is 6.63. The average Bonchev–Trinajstić information content (AvgIpc) is 2.38. The number of benzene rings is 2. The van der Waals surface area contributed by atoms with Gasteiger partial charge in [0.15, 0.2) is 0 Å². The van der Waals surface area contributed by atoms with E-state index in [-0.39, 0.29) is 5.82 Å². The van der Waals surface area contributed by atoms with Crippen LogP contribution < -0.4 is 0 Å². The molecule has 1 heteroatoms. The van der Waals surface area contributed by atoms with E-state index in [0.717, 1.165) is 18.4 Å². The molecule has 0 radical (unpaired) electrons. The highest BCUT2D eigenvalue weighted by Crippen LogP contribution is 2.22. The smallest absolute Gasteiger partial charge is 0.123 e. The molecule has 0 N–H and O–H groups in total. The third kappa shape index (κ3) is 3.44. The molecule has 0 aliphatic carbocycles. The summed E-state index contributed by atoms with van der Waals surface area (Å²) in [6, 6.07) is 13.5. The van der Waals surface area contributed by atoms with Crippen molar-refractivity contribution >= 4 is 0 Å². The molecule has 0 fully saturated rings. The lowest BCUT2D eigenvalue weighted by Crippen LogP contribution is -1.98. The molecule has 0 aliphatic rings. The van der Waals surface area contributed by atoms with Gasteiger partial charge in [-0.3, -0.25) is 0 Å². The van der Waals surface area contributed by atoms with Gasteiger partial charge < -0.3 is 0 Å². The van der Waals surface area contributed by atoms with Crippen LogP contribution in [0.2, 0.25) is 0 Å². The topological polar surface area (TPSA) is 0 Å². The van der Waals surface area contributed by atoms with E-state index in [1.165, 1.54) is 22.8 Å². The summed E-state index contributed by atoms with van der Waals surface area (Å²) in [4.78, 5) is 0. The van der Waals surface area contributed by atoms with E-state index in [9.17, 15) is 4.39 Å². The number of hydrogen-bond donors (Lipinski definition) is 0. The van der Waals surface area contributed by atoms with E-state index < -0.39 is 0 Å². The van der Waals surface area contributed by atoms with Crippen LogP contribution in [-0.2, 0) is 12.8 Å². The van der Waals surface area contributed by atoms with Crippen molar-refractivity contribution in [3.8, 4) is 0 Å². The van der Waals surface area contributed by atoms with Crippen LogP contribution in [0.1, 0.15) is 48.9 Å². The fourth-order valence-corrected chi connectivity index (χ4v) is 2.52. The van der Waals surface area contributed by atoms with Gasteiger partial charge in [-0.2, -0.15) is 0 Å². The van der Waals surface area contributed by atoms with Crippen LogP contribution in [0.5, 0.6) is 0 Å². The highest BCUT2D eigenvalue weighted by molar-refractivity contribution is 5.36. The van der Waals surface area contributed by atoms with Crippen LogP contribution in [0.15, 0.2) is 42.5 Å². The second-order valence-electron chi connectivity index (χ2n) is 5.35. The van der Waals surface area contributed by atoms with Crippen LogP contribution in [0, 0.1) is 5.82 Å². The zero-order valence-electron chi connectivity index (χ0n) is 11.9. The van der Waals surface area contributed by atoms with Crippen molar-refractivity contribution < 1.29 is 4.39 Å². The van der Waals surface area contributed by atoms with Crippen LogP contribution in [0.3, 0.4) is 0 Å². The third-order valence-electron chi connectivity index (χ3n) is 3.51. The van der Waals surface area contributed by atoms with Gasteiger partial charge in [-0.1, -0.05) is 51.1 Å². The minimum Gasteiger partial charge on any atom is -0.207 e. The first-order chi connectivity index (χ1) is 9.10. The third-order valence-corrected chi connectivity index (χ3v) is 3.51. The molecule has 2 aromatic carbocycles. The highest BCUT2D eigenvalue weighted by Gasteiger charge is 2.07. The SMILES string of the molecule is CCc1cc(Cc2cccc(F)c2)ccc1C(C)C. The first-order valence-electron chi connectivity index (χ1n) is 6.96. The molecule has 0 nitrogen and oxygen atoms in total. The van der Waals surface area contributed by atoms with Gasteiger partial charge in [0.05, 0.1) is 0 Å². The molecule has 2 rings (SSSR count). The van der Waals surface area contributed by atoms with Crippen molar-refractivity contribution in [2.45, 2.75) is 39.5 Å². The summed E-state index contributed by atoms with van der Waals surface area (Å²) in [7, 11) is 0. The molecule has 0 atom stereocenters. The molecule has 100 valence electrons. The van der Waals surface area contributed by atoms with Gasteiger partial charge >= 0.3 is 0 Å². The van der Waals surface area contributed by atoms with Gasteiger partial charge in [-0.25, -0.2) is 4.39 Å². The van der Waals surface area contributed by atoms with Crippen molar-refractivity contribution in [1.29, 1.82) is 0 Å². The van der Waals surface area contributed by atoms with Gasteiger partial charge in [0, 0.05) is 0 Å². The Morgan fingerprint density at radius 2 is 1.74 bits per heavy atom. The summed E-state index contributed by atoms with van der Waals surface area (Å²) in [5.41, 5.74) is 5.11. The summed E-state index contributed by atoms with van der Waals surface area (Å²) >= 11 is 0.